The number of hydrogen-bond donors (Lipinski definition) is 1. The van der Waals surface area contributed by atoms with E-state index in [1.165, 1.54) is 40.9 Å². The van der Waals surface area contributed by atoms with Crippen LogP contribution in [0.3, 0.4) is 0 Å². The van der Waals surface area contributed by atoms with Gasteiger partial charge in [-0.05, 0) is 64.5 Å². The molecule has 3 unspecified atom stereocenters. The summed E-state index contributed by atoms with van der Waals surface area (Å²) in [5, 5.41) is 3.93. The summed E-state index contributed by atoms with van der Waals surface area (Å²) in [4.78, 5) is 7.78. The van der Waals surface area contributed by atoms with Crippen LogP contribution < -0.4 is 10.2 Å². The number of fused-ring (bicyclic) bond motifs is 1. The first kappa shape index (κ1) is 21.6. The second-order valence-electron chi connectivity index (χ2n) is 12.0. The number of nitrogens with zero attached hydrogens (tertiary/aromatic N) is 2. The summed E-state index contributed by atoms with van der Waals surface area (Å²) in [5.74, 6) is 1.65. The fourth-order valence-corrected chi connectivity index (χ4v) is 6.98. The molecule has 3 heterocycles. The molecule has 2 aromatic carbocycles. The van der Waals surface area contributed by atoms with E-state index in [1.807, 2.05) is 13.8 Å². The Bertz CT molecular complexity index is 1130. The lowest BCUT2D eigenvalue weighted by Crippen LogP contribution is -2.44. The van der Waals surface area contributed by atoms with Crippen molar-refractivity contribution in [1.29, 1.82) is 0 Å². The summed E-state index contributed by atoms with van der Waals surface area (Å²) in [5.41, 5.74) is 10.00. The Labute approximate surface area is 194 Å². The quantitative estimate of drug-likeness (QED) is 0.457. The molecule has 170 valence electrons. The van der Waals surface area contributed by atoms with Crippen LogP contribution in [-0.2, 0) is 10.8 Å². The molecule has 6 rings (SSSR count). The Morgan fingerprint density at radius 3 is 2.47 bits per heavy atom. The van der Waals surface area contributed by atoms with Gasteiger partial charge in [0.05, 0.1) is 17.1 Å². The first-order valence-corrected chi connectivity index (χ1v) is 12.5. The maximum atomic E-state index is 5.28. The minimum atomic E-state index is -0.0376. The number of aliphatic imine (C=N–C) groups is 1. The number of hydrogen-bond acceptors (Lipinski definition) is 3. The van der Waals surface area contributed by atoms with Gasteiger partial charge >= 0.3 is 0 Å². The Kier molecular flexibility index (Phi) is 4.46. The summed E-state index contributed by atoms with van der Waals surface area (Å²) in [7, 11) is 0. The fourth-order valence-electron chi connectivity index (χ4n) is 6.98. The first-order valence-electron chi connectivity index (χ1n) is 12.5. The van der Waals surface area contributed by atoms with Crippen LogP contribution in [0, 0.1) is 5.41 Å². The second kappa shape index (κ2) is 6.62. The Morgan fingerprint density at radius 1 is 1.06 bits per heavy atom. The van der Waals surface area contributed by atoms with E-state index in [9.17, 15) is 0 Å². The van der Waals surface area contributed by atoms with Crippen molar-refractivity contribution in [2.45, 2.75) is 98.1 Å². The Morgan fingerprint density at radius 2 is 1.78 bits per heavy atom. The zero-order chi connectivity index (χ0) is 23.2. The zero-order valence-corrected chi connectivity index (χ0v) is 21.4. The van der Waals surface area contributed by atoms with Crippen LogP contribution in [-0.4, -0.2) is 5.84 Å². The topological polar surface area (TPSA) is 27.6 Å². The van der Waals surface area contributed by atoms with Crippen molar-refractivity contribution in [1.82, 2.24) is 0 Å². The van der Waals surface area contributed by atoms with Gasteiger partial charge in [-0.3, -0.25) is 0 Å². The summed E-state index contributed by atoms with van der Waals surface area (Å²) in [6.07, 6.45) is 2.53. The van der Waals surface area contributed by atoms with Gasteiger partial charge in [-0.25, -0.2) is 4.99 Å². The lowest BCUT2D eigenvalue weighted by molar-refractivity contribution is 0.336. The number of rotatable bonds is 0. The molecule has 3 atom stereocenters. The van der Waals surface area contributed by atoms with Crippen molar-refractivity contribution in [2.75, 3.05) is 10.2 Å². The normalized spacial score (nSPS) is 28.0. The van der Waals surface area contributed by atoms with Gasteiger partial charge in [0.2, 0.25) is 0 Å². The predicted molar refractivity (Wildman–Crippen MR) is 138 cm³/mol. The van der Waals surface area contributed by atoms with Crippen LogP contribution in [0.2, 0.25) is 0 Å². The largest absolute Gasteiger partial charge is 0.359 e. The third-order valence-electron chi connectivity index (χ3n) is 7.96. The molecule has 0 radical (unpaired) electrons. The third kappa shape index (κ3) is 2.75. The van der Waals surface area contributed by atoms with E-state index in [1.54, 1.807) is 5.56 Å². The average molecular weight is 430 g/mol. The standard InChI is InChI=1S/C27H33N3.C2H6/c1-15-13-27(7)14-26(5,6)17-12-21-20(11-18(17)27)28-23-22-16(15)9-8-10-19(22)29-24(30(21)23)25(2,3)4;1-2/h8-12,15,23,28H,13-14H2,1-7H3;1-2H3. The van der Waals surface area contributed by atoms with Gasteiger partial charge in [0.15, 0.2) is 0 Å². The number of benzene rings is 2. The van der Waals surface area contributed by atoms with E-state index in [2.05, 4.69) is 89.0 Å². The minimum Gasteiger partial charge on any atom is -0.359 e. The smallest absolute Gasteiger partial charge is 0.134 e. The summed E-state index contributed by atoms with van der Waals surface area (Å²) >= 11 is 0. The van der Waals surface area contributed by atoms with Crippen LogP contribution >= 0.6 is 0 Å². The minimum absolute atomic E-state index is 0.0376. The Hall–Kier alpha value is -2.29. The number of amidine groups is 1. The predicted octanol–water partition coefficient (Wildman–Crippen LogP) is 8.18. The monoisotopic (exact) mass is 429 g/mol. The highest BCUT2D eigenvalue weighted by Gasteiger charge is 2.50. The molecule has 0 amide bonds. The molecule has 1 N–H and O–H groups in total. The molecule has 0 spiro atoms. The SMILES string of the molecule is CC.CC1CC2(C)CC(C)(C)c3cc4c(cc32)NC2c3c(cccc31)N=C(C(C)(C)C)N42. The highest BCUT2D eigenvalue weighted by atomic mass is 15.4. The molecule has 3 heteroatoms. The molecule has 0 saturated carbocycles. The van der Waals surface area contributed by atoms with Gasteiger partial charge in [-0.2, -0.15) is 0 Å². The molecule has 32 heavy (non-hydrogen) atoms. The number of nitrogens with one attached hydrogen (secondary N) is 1. The van der Waals surface area contributed by atoms with Crippen LogP contribution in [0.15, 0.2) is 35.3 Å². The summed E-state index contributed by atoms with van der Waals surface area (Å²) < 4.78 is 0. The van der Waals surface area contributed by atoms with Gasteiger partial charge in [-0.15, -0.1) is 0 Å². The fraction of sp³-hybridized carbons (Fsp3) is 0.552. The third-order valence-corrected chi connectivity index (χ3v) is 7.96. The molecule has 0 aromatic heterocycles. The van der Waals surface area contributed by atoms with Gasteiger partial charge in [0.25, 0.3) is 0 Å². The summed E-state index contributed by atoms with van der Waals surface area (Å²) in [6, 6.07) is 11.7. The molecule has 0 fully saturated rings. The van der Waals surface area contributed by atoms with Crippen molar-refractivity contribution in [3.63, 3.8) is 0 Å². The van der Waals surface area contributed by atoms with E-state index < -0.39 is 0 Å². The van der Waals surface area contributed by atoms with Gasteiger partial charge in [-0.1, -0.05) is 74.4 Å². The lowest BCUT2D eigenvalue weighted by Gasteiger charge is -2.40. The molecule has 3 aliphatic heterocycles. The molecule has 3 nitrogen and oxygen atoms in total. The summed E-state index contributed by atoms with van der Waals surface area (Å²) in [6.45, 7) is 20.6. The van der Waals surface area contributed by atoms with Crippen molar-refractivity contribution < 1.29 is 0 Å². The maximum Gasteiger partial charge on any atom is 0.134 e. The first-order chi connectivity index (χ1) is 15.0. The van der Waals surface area contributed by atoms with Crippen molar-refractivity contribution in [3.05, 3.63) is 52.6 Å². The molecule has 2 aromatic rings. The van der Waals surface area contributed by atoms with Crippen LogP contribution in [0.25, 0.3) is 0 Å². The van der Waals surface area contributed by atoms with E-state index in [0.717, 1.165) is 11.5 Å². The van der Waals surface area contributed by atoms with Gasteiger partial charge < -0.3 is 10.2 Å². The van der Waals surface area contributed by atoms with Gasteiger partial charge in [0, 0.05) is 11.0 Å². The maximum absolute atomic E-state index is 5.28. The Balaban J connectivity index is 0.00000105. The van der Waals surface area contributed by atoms with Crippen molar-refractivity contribution >= 4 is 22.9 Å². The van der Waals surface area contributed by atoms with Gasteiger partial charge in [0.1, 0.15) is 12.0 Å². The zero-order valence-electron chi connectivity index (χ0n) is 21.4. The van der Waals surface area contributed by atoms with Crippen LogP contribution in [0.5, 0.6) is 0 Å². The number of anilines is 2. The molecular weight excluding hydrogens is 390 g/mol. The highest BCUT2D eigenvalue weighted by molar-refractivity contribution is 6.09. The van der Waals surface area contributed by atoms with Crippen LogP contribution in [0.4, 0.5) is 17.1 Å². The second-order valence-corrected chi connectivity index (χ2v) is 12.0. The van der Waals surface area contributed by atoms with E-state index >= 15 is 0 Å². The van der Waals surface area contributed by atoms with E-state index in [0.29, 0.717) is 5.92 Å². The molecule has 3 bridgehead atoms. The van der Waals surface area contributed by atoms with Crippen molar-refractivity contribution in [2.24, 2.45) is 10.4 Å². The lowest BCUT2D eigenvalue weighted by atomic mass is 9.72. The highest BCUT2D eigenvalue weighted by Crippen LogP contribution is 2.60. The van der Waals surface area contributed by atoms with Crippen molar-refractivity contribution in [3.8, 4) is 0 Å². The van der Waals surface area contributed by atoms with E-state index in [-0.39, 0.29) is 22.4 Å². The molecular formula is C29H39N3. The molecule has 0 saturated heterocycles. The molecule has 1 aliphatic carbocycles. The van der Waals surface area contributed by atoms with Crippen LogP contribution in [0.1, 0.15) is 109 Å². The van der Waals surface area contributed by atoms with E-state index in [4.69, 9.17) is 4.99 Å². The molecule has 4 aliphatic rings. The average Bonchev–Trinajstić information content (AvgIpc) is 3.18.